The lowest BCUT2D eigenvalue weighted by Crippen LogP contribution is -2.49. The Labute approximate surface area is 139 Å². The van der Waals surface area contributed by atoms with E-state index in [1.54, 1.807) is 7.05 Å². The monoisotopic (exact) mass is 319 g/mol. The van der Waals surface area contributed by atoms with Crippen molar-refractivity contribution in [2.75, 3.05) is 13.6 Å². The summed E-state index contributed by atoms with van der Waals surface area (Å²) in [5.41, 5.74) is 0. The molecule has 2 aliphatic rings. The van der Waals surface area contributed by atoms with Gasteiger partial charge in [-0.2, -0.15) is 5.26 Å². The van der Waals surface area contributed by atoms with Crippen LogP contribution in [0, 0.1) is 23.2 Å². The van der Waals surface area contributed by atoms with Gasteiger partial charge in [0.05, 0.1) is 6.07 Å². The van der Waals surface area contributed by atoms with Crippen molar-refractivity contribution >= 4 is 11.8 Å². The Balaban J connectivity index is 2.06. The van der Waals surface area contributed by atoms with Crippen LogP contribution in [0.4, 0.5) is 0 Å². The van der Waals surface area contributed by atoms with E-state index < -0.39 is 5.92 Å². The lowest BCUT2D eigenvalue weighted by Gasteiger charge is -2.32. The standard InChI is InChI=1S/C18H29N3O2/c1-21(13-12-19)18(23)16(14-8-4-2-5-9-14)17(22)20-15-10-6-3-7-11-15/h14-16H,2-11,13H2,1H3,(H,20,22). The Hall–Kier alpha value is -1.57. The van der Waals surface area contributed by atoms with E-state index in [-0.39, 0.29) is 30.3 Å². The molecule has 0 radical (unpaired) electrons. The third-order valence-electron chi connectivity index (χ3n) is 5.31. The van der Waals surface area contributed by atoms with E-state index in [4.69, 9.17) is 5.26 Å². The summed E-state index contributed by atoms with van der Waals surface area (Å²) in [5, 5.41) is 12.0. The number of rotatable bonds is 5. The van der Waals surface area contributed by atoms with Crippen LogP contribution in [0.5, 0.6) is 0 Å². The normalized spacial score (nSPS) is 21.2. The van der Waals surface area contributed by atoms with Gasteiger partial charge in [-0.05, 0) is 31.6 Å². The molecule has 23 heavy (non-hydrogen) atoms. The van der Waals surface area contributed by atoms with Gasteiger partial charge in [0.25, 0.3) is 0 Å². The van der Waals surface area contributed by atoms with Gasteiger partial charge in [-0.15, -0.1) is 0 Å². The number of hydrogen-bond acceptors (Lipinski definition) is 3. The fourth-order valence-electron chi connectivity index (χ4n) is 3.95. The van der Waals surface area contributed by atoms with Crippen LogP contribution in [0.25, 0.3) is 0 Å². The first-order valence-corrected chi connectivity index (χ1v) is 9.05. The summed E-state index contributed by atoms with van der Waals surface area (Å²) in [4.78, 5) is 27.0. The molecule has 5 heteroatoms. The average Bonchev–Trinajstić information content (AvgIpc) is 2.57. The fourth-order valence-corrected chi connectivity index (χ4v) is 3.95. The summed E-state index contributed by atoms with van der Waals surface area (Å²) in [5.74, 6) is -0.790. The van der Waals surface area contributed by atoms with Crippen molar-refractivity contribution in [3.05, 3.63) is 0 Å². The van der Waals surface area contributed by atoms with Crippen molar-refractivity contribution in [3.8, 4) is 6.07 Å². The van der Waals surface area contributed by atoms with Crippen molar-refractivity contribution in [2.24, 2.45) is 11.8 Å². The van der Waals surface area contributed by atoms with E-state index in [0.29, 0.717) is 0 Å². The summed E-state index contributed by atoms with van der Waals surface area (Å²) in [6.07, 6.45) is 10.8. The van der Waals surface area contributed by atoms with Crippen molar-refractivity contribution < 1.29 is 9.59 Å². The summed E-state index contributed by atoms with van der Waals surface area (Å²) >= 11 is 0. The molecular formula is C18H29N3O2. The Morgan fingerprint density at radius 1 is 1.09 bits per heavy atom. The van der Waals surface area contributed by atoms with Crippen LogP contribution in [-0.4, -0.2) is 36.3 Å². The summed E-state index contributed by atoms with van der Waals surface area (Å²) in [7, 11) is 1.62. The van der Waals surface area contributed by atoms with Crippen LogP contribution in [-0.2, 0) is 9.59 Å². The maximum absolute atomic E-state index is 12.8. The van der Waals surface area contributed by atoms with Crippen molar-refractivity contribution in [1.82, 2.24) is 10.2 Å². The van der Waals surface area contributed by atoms with Crippen LogP contribution in [0.1, 0.15) is 64.2 Å². The molecule has 0 saturated heterocycles. The molecular weight excluding hydrogens is 290 g/mol. The van der Waals surface area contributed by atoms with Gasteiger partial charge >= 0.3 is 0 Å². The number of amides is 2. The highest BCUT2D eigenvalue weighted by atomic mass is 16.2. The number of nitriles is 1. The van der Waals surface area contributed by atoms with E-state index in [2.05, 4.69) is 5.32 Å². The Bertz CT molecular complexity index is 446. The zero-order valence-corrected chi connectivity index (χ0v) is 14.2. The van der Waals surface area contributed by atoms with Gasteiger partial charge in [-0.3, -0.25) is 9.59 Å². The highest BCUT2D eigenvalue weighted by molar-refractivity contribution is 6.00. The van der Waals surface area contributed by atoms with Gasteiger partial charge in [-0.25, -0.2) is 0 Å². The fraction of sp³-hybridized carbons (Fsp3) is 0.833. The van der Waals surface area contributed by atoms with Crippen molar-refractivity contribution in [3.63, 3.8) is 0 Å². The second kappa shape index (κ2) is 8.90. The molecule has 2 aliphatic carbocycles. The molecule has 0 spiro atoms. The van der Waals surface area contributed by atoms with E-state index in [9.17, 15) is 9.59 Å². The number of carbonyl (C=O) groups excluding carboxylic acids is 2. The maximum Gasteiger partial charge on any atom is 0.236 e. The molecule has 1 atom stereocenters. The lowest BCUT2D eigenvalue weighted by molar-refractivity contribution is -0.144. The molecule has 0 heterocycles. The maximum atomic E-state index is 12.8. The highest BCUT2D eigenvalue weighted by Gasteiger charge is 2.37. The predicted octanol–water partition coefficient (Wildman–Crippen LogP) is 2.61. The molecule has 0 aromatic carbocycles. The second-order valence-corrected chi connectivity index (χ2v) is 7.07. The molecule has 128 valence electrons. The second-order valence-electron chi connectivity index (χ2n) is 7.07. The average molecular weight is 319 g/mol. The number of hydrogen-bond donors (Lipinski definition) is 1. The SMILES string of the molecule is CN(CC#N)C(=O)C(C(=O)NC1CCCCC1)C1CCCCC1. The minimum Gasteiger partial charge on any atom is -0.353 e. The lowest BCUT2D eigenvalue weighted by atomic mass is 9.78. The molecule has 2 rings (SSSR count). The Morgan fingerprint density at radius 3 is 2.22 bits per heavy atom. The largest absolute Gasteiger partial charge is 0.353 e. The third-order valence-corrected chi connectivity index (χ3v) is 5.31. The minimum atomic E-state index is -0.615. The van der Waals surface area contributed by atoms with Crippen LogP contribution in [0.3, 0.4) is 0 Å². The first-order chi connectivity index (χ1) is 11.1. The van der Waals surface area contributed by atoms with Crippen LogP contribution >= 0.6 is 0 Å². The molecule has 2 fully saturated rings. The van der Waals surface area contributed by atoms with Gasteiger partial charge in [0.2, 0.25) is 11.8 Å². The summed E-state index contributed by atoms with van der Waals surface area (Å²) in [6, 6.07) is 2.22. The van der Waals surface area contributed by atoms with Gasteiger partial charge in [0.15, 0.2) is 0 Å². The molecule has 0 aliphatic heterocycles. The summed E-state index contributed by atoms with van der Waals surface area (Å²) in [6.45, 7) is 0.0404. The third kappa shape index (κ3) is 4.95. The van der Waals surface area contributed by atoms with Crippen molar-refractivity contribution in [1.29, 1.82) is 5.26 Å². The number of nitrogens with zero attached hydrogens (tertiary/aromatic N) is 2. The molecule has 2 saturated carbocycles. The van der Waals surface area contributed by atoms with E-state index >= 15 is 0 Å². The first kappa shape index (κ1) is 17.8. The van der Waals surface area contributed by atoms with E-state index in [1.165, 1.54) is 17.7 Å². The first-order valence-electron chi connectivity index (χ1n) is 9.05. The van der Waals surface area contributed by atoms with Crippen LogP contribution in [0.2, 0.25) is 0 Å². The van der Waals surface area contributed by atoms with Gasteiger partial charge in [-0.1, -0.05) is 38.5 Å². The number of carbonyl (C=O) groups is 2. The topological polar surface area (TPSA) is 73.2 Å². The summed E-state index contributed by atoms with van der Waals surface area (Å²) < 4.78 is 0. The van der Waals surface area contributed by atoms with Crippen LogP contribution < -0.4 is 5.32 Å². The van der Waals surface area contributed by atoms with Gasteiger partial charge in [0.1, 0.15) is 12.5 Å². The smallest absolute Gasteiger partial charge is 0.236 e. The molecule has 1 N–H and O–H groups in total. The number of nitrogens with one attached hydrogen (secondary N) is 1. The zero-order valence-electron chi connectivity index (χ0n) is 14.2. The zero-order chi connectivity index (χ0) is 16.7. The van der Waals surface area contributed by atoms with E-state index in [0.717, 1.165) is 51.4 Å². The predicted molar refractivity (Wildman–Crippen MR) is 88.3 cm³/mol. The Morgan fingerprint density at radius 2 is 1.65 bits per heavy atom. The molecule has 2 amide bonds. The van der Waals surface area contributed by atoms with Gasteiger partial charge in [0, 0.05) is 13.1 Å². The molecule has 5 nitrogen and oxygen atoms in total. The highest BCUT2D eigenvalue weighted by Crippen LogP contribution is 2.31. The Kier molecular flexibility index (Phi) is 6.88. The van der Waals surface area contributed by atoms with E-state index in [1.807, 2.05) is 6.07 Å². The minimum absolute atomic E-state index is 0.0404. The van der Waals surface area contributed by atoms with Crippen LogP contribution in [0.15, 0.2) is 0 Å². The quantitative estimate of drug-likeness (QED) is 0.625. The van der Waals surface area contributed by atoms with Crippen molar-refractivity contribution in [2.45, 2.75) is 70.3 Å². The van der Waals surface area contributed by atoms with Gasteiger partial charge < -0.3 is 10.2 Å². The molecule has 0 aromatic rings. The molecule has 0 aromatic heterocycles. The molecule has 0 bridgehead atoms. The molecule has 1 unspecified atom stereocenters.